The number of benzene rings is 2. The Bertz CT molecular complexity index is 1430. The fraction of sp³-hybridized carbons (Fsp3) is 0.357. The number of methoxy groups -OCH3 is 1. The van der Waals surface area contributed by atoms with Crippen molar-refractivity contribution >= 4 is 28.4 Å². The van der Waals surface area contributed by atoms with E-state index in [-0.39, 0.29) is 11.9 Å². The van der Waals surface area contributed by atoms with Crippen LogP contribution in [0.2, 0.25) is 0 Å². The highest BCUT2D eigenvalue weighted by Gasteiger charge is 2.39. The van der Waals surface area contributed by atoms with Crippen molar-refractivity contribution in [2.75, 3.05) is 31.2 Å². The molecule has 4 aromatic rings. The van der Waals surface area contributed by atoms with Crippen LogP contribution in [0.5, 0.6) is 5.75 Å². The maximum Gasteiger partial charge on any atom is 0.224 e. The molecular formula is C28H31N7O2. The number of fused-ring (bicyclic) bond motifs is 1. The lowest BCUT2D eigenvalue weighted by atomic mass is 10.1. The second-order valence-corrected chi connectivity index (χ2v) is 9.91. The number of carbonyl (C=O) groups is 1. The summed E-state index contributed by atoms with van der Waals surface area (Å²) in [7, 11) is 1.60. The molecule has 1 saturated carbocycles. The molecule has 2 aromatic carbocycles. The summed E-state index contributed by atoms with van der Waals surface area (Å²) < 4.78 is 7.66. The van der Waals surface area contributed by atoms with Crippen molar-refractivity contribution in [3.8, 4) is 17.0 Å². The van der Waals surface area contributed by atoms with Crippen molar-refractivity contribution in [3.05, 3.63) is 60.4 Å². The van der Waals surface area contributed by atoms with Crippen LogP contribution >= 0.6 is 0 Å². The first-order valence-corrected chi connectivity index (χ1v) is 12.8. The van der Waals surface area contributed by atoms with Crippen LogP contribution in [-0.2, 0) is 4.79 Å². The summed E-state index contributed by atoms with van der Waals surface area (Å²) in [6.07, 6.45) is 4.97. The Morgan fingerprint density at radius 1 is 1.16 bits per heavy atom. The fourth-order valence-electron chi connectivity index (χ4n) is 5.47. The molecule has 1 aliphatic heterocycles. The number of rotatable bonds is 7. The summed E-state index contributed by atoms with van der Waals surface area (Å²) in [5, 5.41) is 12.1. The minimum atomic E-state index is -0.00670. The van der Waals surface area contributed by atoms with E-state index < -0.39 is 0 Å². The molecule has 0 bridgehead atoms. The predicted octanol–water partition coefficient (Wildman–Crippen LogP) is 4.14. The Balaban J connectivity index is 1.24. The number of nitrogens with two attached hydrogens (primary N) is 1. The zero-order valence-electron chi connectivity index (χ0n) is 20.9. The van der Waals surface area contributed by atoms with E-state index in [2.05, 4.69) is 44.9 Å². The van der Waals surface area contributed by atoms with Gasteiger partial charge in [0, 0.05) is 12.0 Å². The Morgan fingerprint density at radius 2 is 1.97 bits per heavy atom. The van der Waals surface area contributed by atoms with E-state index >= 15 is 0 Å². The van der Waals surface area contributed by atoms with Gasteiger partial charge in [-0.15, -0.1) is 0 Å². The number of carbonyl (C=O) groups excluding carboxylic acids is 1. The molecule has 2 atom stereocenters. The first-order chi connectivity index (χ1) is 18.1. The van der Waals surface area contributed by atoms with Gasteiger partial charge in [0.25, 0.3) is 0 Å². The van der Waals surface area contributed by atoms with Gasteiger partial charge in [-0.3, -0.25) is 4.79 Å². The summed E-state index contributed by atoms with van der Waals surface area (Å²) in [5.74, 6) is 1.80. The fourth-order valence-corrected chi connectivity index (χ4v) is 5.47. The lowest BCUT2D eigenvalue weighted by Gasteiger charge is -2.23. The van der Waals surface area contributed by atoms with Crippen molar-refractivity contribution in [2.45, 2.75) is 37.6 Å². The van der Waals surface area contributed by atoms with E-state index in [1.54, 1.807) is 7.11 Å². The third-order valence-corrected chi connectivity index (χ3v) is 7.52. The molecule has 1 aliphatic carbocycles. The molecule has 2 aliphatic rings. The molecule has 6 rings (SSSR count). The van der Waals surface area contributed by atoms with Gasteiger partial charge in [-0.05, 0) is 61.9 Å². The van der Waals surface area contributed by atoms with Crippen molar-refractivity contribution in [2.24, 2.45) is 5.92 Å². The number of aromatic nitrogens is 4. The number of amides is 1. The second-order valence-electron chi connectivity index (χ2n) is 9.91. The maximum atomic E-state index is 12.8. The molecule has 9 heteroatoms. The highest BCUT2D eigenvalue weighted by molar-refractivity contribution is 5.99. The lowest BCUT2D eigenvalue weighted by molar-refractivity contribution is -0.116. The van der Waals surface area contributed by atoms with E-state index in [9.17, 15) is 4.79 Å². The molecule has 4 N–H and O–H groups in total. The zero-order chi connectivity index (χ0) is 25.4. The predicted molar refractivity (Wildman–Crippen MR) is 143 cm³/mol. The van der Waals surface area contributed by atoms with Crippen LogP contribution in [0.3, 0.4) is 0 Å². The van der Waals surface area contributed by atoms with Gasteiger partial charge in [-0.2, -0.15) is 5.10 Å². The zero-order valence-corrected chi connectivity index (χ0v) is 20.9. The number of nitrogens with one attached hydrogen (secondary N) is 2. The Morgan fingerprint density at radius 3 is 2.76 bits per heavy atom. The summed E-state index contributed by atoms with van der Waals surface area (Å²) >= 11 is 0. The smallest absolute Gasteiger partial charge is 0.224 e. The molecule has 2 fully saturated rings. The first kappa shape index (κ1) is 23.4. The molecule has 1 amide bonds. The molecule has 2 unspecified atom stereocenters. The highest BCUT2D eigenvalue weighted by Crippen LogP contribution is 2.49. The summed E-state index contributed by atoms with van der Waals surface area (Å²) in [4.78, 5) is 21.6. The monoisotopic (exact) mass is 497 g/mol. The molecule has 0 radical (unpaired) electrons. The number of anilines is 2. The van der Waals surface area contributed by atoms with Gasteiger partial charge in [0.2, 0.25) is 5.91 Å². The third kappa shape index (κ3) is 4.62. The minimum Gasteiger partial charge on any atom is -0.495 e. The van der Waals surface area contributed by atoms with Gasteiger partial charge < -0.3 is 21.1 Å². The van der Waals surface area contributed by atoms with Crippen LogP contribution < -0.4 is 21.1 Å². The molecule has 1 saturated heterocycles. The summed E-state index contributed by atoms with van der Waals surface area (Å²) in [5.41, 5.74) is 10.5. The van der Waals surface area contributed by atoms with E-state index in [0.29, 0.717) is 41.2 Å². The SMILES string of the molecule is COc1cc(-c2nn(C3CCNCC3)c3ncnc(N)c23)ccc1NC(=O)CC1CC1c1ccccc1. The Labute approximate surface area is 215 Å². The molecule has 37 heavy (non-hydrogen) atoms. The largest absolute Gasteiger partial charge is 0.495 e. The van der Waals surface area contributed by atoms with Gasteiger partial charge in [-0.25, -0.2) is 14.6 Å². The van der Waals surface area contributed by atoms with Gasteiger partial charge in [-0.1, -0.05) is 36.4 Å². The average Bonchev–Trinajstić information content (AvgIpc) is 3.58. The maximum absolute atomic E-state index is 12.8. The minimum absolute atomic E-state index is 0.00670. The molecule has 3 heterocycles. The summed E-state index contributed by atoms with van der Waals surface area (Å²) in [6.45, 7) is 1.88. The van der Waals surface area contributed by atoms with Crippen LogP contribution in [0.25, 0.3) is 22.3 Å². The van der Waals surface area contributed by atoms with Crippen LogP contribution in [0, 0.1) is 5.92 Å². The van der Waals surface area contributed by atoms with Gasteiger partial charge >= 0.3 is 0 Å². The Kier molecular flexibility index (Phi) is 6.21. The standard InChI is InChI=1S/C28H31N7O2/c1-37-23-14-18(7-8-22(23)33-24(36)15-19-13-21(19)17-5-3-2-4-6-17)26-25-27(29)31-16-32-28(25)35(34-26)20-9-11-30-12-10-20/h2-8,14,16,19-21,30H,9-13,15H2,1H3,(H,33,36)(H2,29,31,32). The first-order valence-electron chi connectivity index (χ1n) is 12.8. The molecule has 0 spiro atoms. The third-order valence-electron chi connectivity index (χ3n) is 7.52. The van der Waals surface area contributed by atoms with E-state index in [4.69, 9.17) is 15.6 Å². The van der Waals surface area contributed by atoms with Gasteiger partial charge in [0.1, 0.15) is 23.6 Å². The quantitative estimate of drug-likeness (QED) is 0.351. The number of hydrogen-bond donors (Lipinski definition) is 3. The number of hydrogen-bond acceptors (Lipinski definition) is 7. The topological polar surface area (TPSA) is 120 Å². The number of nitrogen functional groups attached to an aromatic ring is 1. The van der Waals surface area contributed by atoms with Crippen molar-refractivity contribution in [3.63, 3.8) is 0 Å². The normalized spacial score (nSPS) is 19.6. The average molecular weight is 498 g/mol. The van der Waals surface area contributed by atoms with E-state index in [1.807, 2.05) is 28.9 Å². The highest BCUT2D eigenvalue weighted by atomic mass is 16.5. The second kappa shape index (κ2) is 9.82. The van der Waals surface area contributed by atoms with Crippen LogP contribution in [0.1, 0.15) is 43.2 Å². The Hall–Kier alpha value is -3.98. The van der Waals surface area contributed by atoms with Crippen molar-refractivity contribution in [1.82, 2.24) is 25.1 Å². The van der Waals surface area contributed by atoms with Crippen LogP contribution in [0.15, 0.2) is 54.9 Å². The number of ether oxygens (including phenoxy) is 1. The van der Waals surface area contributed by atoms with E-state index in [1.165, 1.54) is 11.9 Å². The molecule has 2 aromatic heterocycles. The van der Waals surface area contributed by atoms with Crippen molar-refractivity contribution < 1.29 is 9.53 Å². The molecular weight excluding hydrogens is 466 g/mol. The molecule has 190 valence electrons. The lowest BCUT2D eigenvalue weighted by Crippen LogP contribution is -2.30. The van der Waals surface area contributed by atoms with Crippen LogP contribution in [0.4, 0.5) is 11.5 Å². The molecule has 9 nitrogen and oxygen atoms in total. The van der Waals surface area contributed by atoms with Crippen molar-refractivity contribution in [1.29, 1.82) is 0 Å². The van der Waals surface area contributed by atoms with Crippen LogP contribution in [-0.4, -0.2) is 45.9 Å². The van der Waals surface area contributed by atoms with E-state index in [0.717, 1.165) is 48.9 Å². The number of piperidine rings is 1. The number of nitrogens with zero attached hydrogens (tertiary/aromatic N) is 4. The summed E-state index contributed by atoms with van der Waals surface area (Å²) in [6, 6.07) is 16.3. The van der Waals surface area contributed by atoms with Gasteiger partial charge in [0.05, 0.1) is 24.2 Å². The van der Waals surface area contributed by atoms with Gasteiger partial charge in [0.15, 0.2) is 5.65 Å².